The van der Waals surface area contributed by atoms with Gasteiger partial charge >= 0.3 is 0 Å². The Bertz CT molecular complexity index is 365. The molecule has 0 aromatic carbocycles. The van der Waals surface area contributed by atoms with Crippen LogP contribution >= 0.6 is 0 Å². The number of hydrogen-bond acceptors (Lipinski definition) is 4. The van der Waals surface area contributed by atoms with E-state index in [9.17, 15) is 0 Å². The maximum Gasteiger partial charge on any atom is 0.0774 e. The van der Waals surface area contributed by atoms with Crippen molar-refractivity contribution >= 4 is 0 Å². The first kappa shape index (κ1) is 10.2. The molecule has 88 valence electrons. The highest BCUT2D eigenvalue weighted by atomic mass is 16.5. The Balaban J connectivity index is 1.69. The Morgan fingerprint density at radius 2 is 2.50 bits per heavy atom. The van der Waals surface area contributed by atoms with E-state index in [2.05, 4.69) is 15.6 Å². The second-order valence-electron chi connectivity index (χ2n) is 4.79. The molecular weight excluding hydrogens is 204 g/mol. The van der Waals surface area contributed by atoms with Crippen LogP contribution in [-0.2, 0) is 11.3 Å². The van der Waals surface area contributed by atoms with Crippen molar-refractivity contribution in [2.75, 3.05) is 13.2 Å². The SMILES string of the molecule is Cc1cnnn1C[C@@H]1CC[C@@H]2NCCO[C@@H]12. The summed E-state index contributed by atoms with van der Waals surface area (Å²) in [7, 11) is 0. The molecule has 3 rings (SSSR count). The van der Waals surface area contributed by atoms with Gasteiger partial charge in [-0.15, -0.1) is 5.10 Å². The van der Waals surface area contributed by atoms with Crippen molar-refractivity contribution in [3.05, 3.63) is 11.9 Å². The number of hydrogen-bond donors (Lipinski definition) is 1. The van der Waals surface area contributed by atoms with Gasteiger partial charge in [-0.1, -0.05) is 5.21 Å². The van der Waals surface area contributed by atoms with Crippen molar-refractivity contribution in [2.45, 2.75) is 38.5 Å². The van der Waals surface area contributed by atoms with Crippen molar-refractivity contribution in [1.82, 2.24) is 20.3 Å². The van der Waals surface area contributed by atoms with Gasteiger partial charge in [0.15, 0.2) is 0 Å². The zero-order valence-electron chi connectivity index (χ0n) is 9.59. The third kappa shape index (κ3) is 1.74. The molecule has 1 N–H and O–H groups in total. The highest BCUT2D eigenvalue weighted by Gasteiger charge is 2.38. The smallest absolute Gasteiger partial charge is 0.0774 e. The molecule has 1 aromatic heterocycles. The van der Waals surface area contributed by atoms with E-state index in [1.807, 2.05) is 17.8 Å². The van der Waals surface area contributed by atoms with Crippen molar-refractivity contribution in [3.8, 4) is 0 Å². The van der Waals surface area contributed by atoms with E-state index in [1.54, 1.807) is 0 Å². The van der Waals surface area contributed by atoms with Gasteiger partial charge in [0.25, 0.3) is 0 Å². The van der Waals surface area contributed by atoms with Gasteiger partial charge in [-0.2, -0.15) is 0 Å². The van der Waals surface area contributed by atoms with Gasteiger partial charge in [0.1, 0.15) is 0 Å². The number of aryl methyl sites for hydroxylation is 1. The van der Waals surface area contributed by atoms with Crippen LogP contribution in [0.4, 0.5) is 0 Å². The lowest BCUT2D eigenvalue weighted by Crippen LogP contribution is -2.47. The average Bonchev–Trinajstić information content (AvgIpc) is 2.88. The summed E-state index contributed by atoms with van der Waals surface area (Å²) in [5, 5.41) is 11.6. The monoisotopic (exact) mass is 222 g/mol. The molecule has 2 fully saturated rings. The van der Waals surface area contributed by atoms with E-state index in [0.717, 1.165) is 25.4 Å². The van der Waals surface area contributed by atoms with Gasteiger partial charge < -0.3 is 10.1 Å². The van der Waals surface area contributed by atoms with Crippen LogP contribution in [0.1, 0.15) is 18.5 Å². The molecule has 1 aliphatic heterocycles. The maximum absolute atomic E-state index is 5.88. The summed E-state index contributed by atoms with van der Waals surface area (Å²) >= 11 is 0. The number of rotatable bonds is 2. The molecule has 0 radical (unpaired) electrons. The first-order valence-electron chi connectivity index (χ1n) is 6.04. The number of morpholine rings is 1. The lowest BCUT2D eigenvalue weighted by Gasteiger charge is -2.30. The first-order chi connectivity index (χ1) is 7.84. The summed E-state index contributed by atoms with van der Waals surface area (Å²) in [6.07, 6.45) is 4.63. The second kappa shape index (κ2) is 4.14. The minimum Gasteiger partial charge on any atom is -0.375 e. The number of fused-ring (bicyclic) bond motifs is 1. The molecular formula is C11H18N4O. The summed E-state index contributed by atoms with van der Waals surface area (Å²) in [4.78, 5) is 0. The Labute approximate surface area is 95.2 Å². The molecule has 2 heterocycles. The Morgan fingerprint density at radius 3 is 3.31 bits per heavy atom. The van der Waals surface area contributed by atoms with Crippen LogP contribution in [0.2, 0.25) is 0 Å². The quantitative estimate of drug-likeness (QED) is 0.784. The van der Waals surface area contributed by atoms with Gasteiger partial charge in [0, 0.05) is 25.0 Å². The normalized spacial score (nSPS) is 33.9. The van der Waals surface area contributed by atoms with Crippen molar-refractivity contribution < 1.29 is 4.74 Å². The highest BCUT2D eigenvalue weighted by molar-refractivity contribution is 4.95. The molecule has 5 nitrogen and oxygen atoms in total. The molecule has 0 unspecified atom stereocenters. The van der Waals surface area contributed by atoms with Gasteiger partial charge in [0.05, 0.1) is 24.6 Å². The van der Waals surface area contributed by atoms with Gasteiger partial charge in [-0.05, 0) is 19.8 Å². The predicted molar refractivity (Wildman–Crippen MR) is 59.0 cm³/mol. The fraction of sp³-hybridized carbons (Fsp3) is 0.818. The predicted octanol–water partition coefficient (Wildman–Crippen LogP) is 0.354. The standard InChI is InChI=1S/C11H18N4O/c1-8-6-13-14-15(8)7-9-2-3-10-11(9)16-5-4-12-10/h6,9-12H,2-5,7H2,1H3/t9-,10-,11-/m0/s1. The van der Waals surface area contributed by atoms with Gasteiger partial charge in [-0.25, -0.2) is 4.68 Å². The fourth-order valence-electron chi connectivity index (χ4n) is 2.87. The third-order valence-electron chi connectivity index (χ3n) is 3.75. The summed E-state index contributed by atoms with van der Waals surface area (Å²) < 4.78 is 7.87. The highest BCUT2D eigenvalue weighted by Crippen LogP contribution is 2.31. The van der Waals surface area contributed by atoms with Crippen LogP contribution in [0.3, 0.4) is 0 Å². The summed E-state index contributed by atoms with van der Waals surface area (Å²) in [5.41, 5.74) is 1.13. The summed E-state index contributed by atoms with van der Waals surface area (Å²) in [6, 6.07) is 0.558. The molecule has 0 bridgehead atoms. The Hall–Kier alpha value is -0.940. The molecule has 1 saturated heterocycles. The second-order valence-corrected chi connectivity index (χ2v) is 4.79. The maximum atomic E-state index is 5.88. The summed E-state index contributed by atoms with van der Waals surface area (Å²) in [6.45, 7) is 4.82. The number of nitrogens with one attached hydrogen (secondary N) is 1. The topological polar surface area (TPSA) is 52.0 Å². The minimum absolute atomic E-state index is 0.373. The molecule has 2 aliphatic rings. The summed E-state index contributed by atoms with van der Waals surface area (Å²) in [5.74, 6) is 0.582. The van der Waals surface area contributed by atoms with E-state index >= 15 is 0 Å². The molecule has 0 amide bonds. The first-order valence-corrected chi connectivity index (χ1v) is 6.04. The lowest BCUT2D eigenvalue weighted by molar-refractivity contribution is -0.0189. The molecule has 1 saturated carbocycles. The van der Waals surface area contributed by atoms with E-state index in [1.165, 1.54) is 12.8 Å². The Morgan fingerprint density at radius 1 is 1.56 bits per heavy atom. The van der Waals surface area contributed by atoms with Crippen LogP contribution < -0.4 is 5.32 Å². The molecule has 1 aromatic rings. The zero-order chi connectivity index (χ0) is 11.0. The number of nitrogens with zero attached hydrogens (tertiary/aromatic N) is 3. The average molecular weight is 222 g/mol. The lowest BCUT2D eigenvalue weighted by atomic mass is 10.0. The van der Waals surface area contributed by atoms with Crippen LogP contribution in [-0.4, -0.2) is 40.3 Å². The van der Waals surface area contributed by atoms with E-state index in [4.69, 9.17) is 4.74 Å². The van der Waals surface area contributed by atoms with Crippen LogP contribution in [0.15, 0.2) is 6.20 Å². The molecule has 5 heteroatoms. The van der Waals surface area contributed by atoms with Gasteiger partial charge in [0.2, 0.25) is 0 Å². The molecule has 0 spiro atoms. The van der Waals surface area contributed by atoms with E-state index in [0.29, 0.717) is 18.1 Å². The van der Waals surface area contributed by atoms with Crippen LogP contribution in [0, 0.1) is 12.8 Å². The van der Waals surface area contributed by atoms with Gasteiger partial charge in [-0.3, -0.25) is 0 Å². The van der Waals surface area contributed by atoms with Crippen molar-refractivity contribution in [1.29, 1.82) is 0 Å². The van der Waals surface area contributed by atoms with Crippen molar-refractivity contribution in [2.24, 2.45) is 5.92 Å². The number of aromatic nitrogens is 3. The number of ether oxygens (including phenoxy) is 1. The molecule has 16 heavy (non-hydrogen) atoms. The van der Waals surface area contributed by atoms with Crippen LogP contribution in [0.25, 0.3) is 0 Å². The largest absolute Gasteiger partial charge is 0.375 e. The minimum atomic E-state index is 0.373. The molecule has 3 atom stereocenters. The zero-order valence-corrected chi connectivity index (χ0v) is 9.59. The van der Waals surface area contributed by atoms with E-state index < -0.39 is 0 Å². The van der Waals surface area contributed by atoms with Crippen molar-refractivity contribution in [3.63, 3.8) is 0 Å². The third-order valence-corrected chi connectivity index (χ3v) is 3.75. The molecule has 1 aliphatic carbocycles. The fourth-order valence-corrected chi connectivity index (χ4v) is 2.87. The van der Waals surface area contributed by atoms with E-state index in [-0.39, 0.29) is 0 Å². The Kier molecular flexibility index (Phi) is 2.65. The van der Waals surface area contributed by atoms with Crippen LogP contribution in [0.5, 0.6) is 0 Å².